The van der Waals surface area contributed by atoms with Gasteiger partial charge in [-0.3, -0.25) is 4.57 Å². The molecular weight excluding hydrogens is 266 g/mol. The first-order valence-corrected chi connectivity index (χ1v) is 6.49. The van der Waals surface area contributed by atoms with Crippen LogP contribution in [0.25, 0.3) is 0 Å². The molecule has 0 bridgehead atoms. The highest BCUT2D eigenvalue weighted by atomic mass is 32.2. The molecule has 0 aliphatic rings. The average molecular weight is 281 g/mol. The Labute approximate surface area is 113 Å². The normalized spacial score (nSPS) is 11.0. The van der Waals surface area contributed by atoms with Crippen molar-refractivity contribution in [2.24, 2.45) is 5.84 Å². The van der Waals surface area contributed by atoms with Crippen molar-refractivity contribution in [1.29, 1.82) is 0 Å². The Balaban J connectivity index is 2.40. The van der Waals surface area contributed by atoms with Crippen molar-refractivity contribution in [1.82, 2.24) is 24.7 Å². The van der Waals surface area contributed by atoms with Gasteiger partial charge in [0.1, 0.15) is 17.2 Å². The highest BCUT2D eigenvalue weighted by Crippen LogP contribution is 2.29. The topological polar surface area (TPSA) is 115 Å². The number of hydrogen-bond acceptors (Lipinski definition) is 7. The summed E-state index contributed by atoms with van der Waals surface area (Å²) in [5.41, 5.74) is 3.07. The lowest BCUT2D eigenvalue weighted by atomic mass is 10.3. The van der Waals surface area contributed by atoms with Crippen LogP contribution >= 0.6 is 11.8 Å². The molecule has 0 aliphatic carbocycles. The summed E-state index contributed by atoms with van der Waals surface area (Å²) in [6.45, 7) is 5.68. The van der Waals surface area contributed by atoms with Gasteiger partial charge in [0.05, 0.1) is 0 Å². The van der Waals surface area contributed by atoms with Crippen LogP contribution in [0.4, 0.5) is 5.82 Å². The highest BCUT2D eigenvalue weighted by Gasteiger charge is 2.15. The van der Waals surface area contributed by atoms with Crippen molar-refractivity contribution < 1.29 is 0 Å². The SMILES string of the molecule is Cc1c(NN)ncnc1Sc1n[nH]c(=O)n1C(C)C. The standard InChI is InChI=1S/C10H15N7OS/c1-5(2)17-9(18)15-16-10(17)19-8-6(3)7(14-11)12-4-13-8/h4-5H,11H2,1-3H3,(H,15,18)(H,12,13,14). The predicted octanol–water partition coefficient (Wildman–Crippen LogP) is 0.688. The molecule has 2 rings (SSSR count). The van der Waals surface area contributed by atoms with Crippen LogP contribution in [0.5, 0.6) is 0 Å². The van der Waals surface area contributed by atoms with Crippen LogP contribution in [0.3, 0.4) is 0 Å². The van der Waals surface area contributed by atoms with Gasteiger partial charge in [0.2, 0.25) is 0 Å². The minimum Gasteiger partial charge on any atom is -0.308 e. The van der Waals surface area contributed by atoms with Gasteiger partial charge in [-0.2, -0.15) is 0 Å². The maximum atomic E-state index is 11.6. The summed E-state index contributed by atoms with van der Waals surface area (Å²) in [5.74, 6) is 5.92. The van der Waals surface area contributed by atoms with Crippen molar-refractivity contribution in [2.75, 3.05) is 5.43 Å². The van der Waals surface area contributed by atoms with Gasteiger partial charge in [-0.15, -0.1) is 5.10 Å². The number of anilines is 1. The summed E-state index contributed by atoms with van der Waals surface area (Å²) >= 11 is 1.29. The first-order chi connectivity index (χ1) is 9.04. The maximum Gasteiger partial charge on any atom is 0.344 e. The smallest absolute Gasteiger partial charge is 0.308 e. The molecule has 0 aromatic carbocycles. The zero-order valence-electron chi connectivity index (χ0n) is 10.8. The molecule has 2 aromatic heterocycles. The van der Waals surface area contributed by atoms with E-state index in [1.807, 2.05) is 20.8 Å². The van der Waals surface area contributed by atoms with Gasteiger partial charge in [-0.05, 0) is 32.5 Å². The van der Waals surface area contributed by atoms with Crippen LogP contribution in [-0.4, -0.2) is 24.7 Å². The van der Waals surface area contributed by atoms with E-state index in [1.165, 1.54) is 18.1 Å². The number of H-pyrrole nitrogens is 1. The lowest BCUT2D eigenvalue weighted by Gasteiger charge is -2.10. The molecule has 0 fully saturated rings. The van der Waals surface area contributed by atoms with Gasteiger partial charge >= 0.3 is 5.69 Å². The zero-order chi connectivity index (χ0) is 14.0. The van der Waals surface area contributed by atoms with Gasteiger partial charge in [-0.1, -0.05) is 0 Å². The van der Waals surface area contributed by atoms with Crippen molar-refractivity contribution in [3.05, 3.63) is 22.4 Å². The monoisotopic (exact) mass is 281 g/mol. The lowest BCUT2D eigenvalue weighted by molar-refractivity contribution is 0.534. The zero-order valence-corrected chi connectivity index (χ0v) is 11.7. The summed E-state index contributed by atoms with van der Waals surface area (Å²) in [4.78, 5) is 19.8. The molecule has 0 saturated heterocycles. The number of rotatable bonds is 4. The third-order valence-electron chi connectivity index (χ3n) is 2.55. The molecule has 0 amide bonds. The van der Waals surface area contributed by atoms with Gasteiger partial charge < -0.3 is 5.43 Å². The molecule has 4 N–H and O–H groups in total. The van der Waals surface area contributed by atoms with E-state index in [1.54, 1.807) is 4.57 Å². The minimum absolute atomic E-state index is 0.0167. The van der Waals surface area contributed by atoms with Crippen LogP contribution in [0.2, 0.25) is 0 Å². The fourth-order valence-electron chi connectivity index (χ4n) is 1.59. The molecule has 2 aromatic rings. The van der Waals surface area contributed by atoms with Crippen LogP contribution in [0, 0.1) is 6.92 Å². The van der Waals surface area contributed by atoms with Gasteiger partial charge in [0.15, 0.2) is 5.16 Å². The van der Waals surface area contributed by atoms with Crippen molar-refractivity contribution in [2.45, 2.75) is 37.0 Å². The molecule has 9 heteroatoms. The third-order valence-corrected chi connectivity index (χ3v) is 3.63. The van der Waals surface area contributed by atoms with E-state index in [2.05, 4.69) is 25.6 Å². The largest absolute Gasteiger partial charge is 0.344 e. The maximum absolute atomic E-state index is 11.6. The summed E-state index contributed by atoms with van der Waals surface area (Å²) < 4.78 is 1.57. The molecule has 102 valence electrons. The summed E-state index contributed by atoms with van der Waals surface area (Å²) in [6.07, 6.45) is 1.41. The molecule has 0 unspecified atom stereocenters. The molecule has 0 spiro atoms. The number of nitrogens with two attached hydrogens (primary N) is 1. The molecule has 0 aliphatic heterocycles. The number of nitrogens with one attached hydrogen (secondary N) is 2. The summed E-state index contributed by atoms with van der Waals surface area (Å²) in [7, 11) is 0. The highest BCUT2D eigenvalue weighted by molar-refractivity contribution is 7.99. The van der Waals surface area contributed by atoms with Gasteiger partial charge in [0, 0.05) is 11.6 Å². The average Bonchev–Trinajstić information content (AvgIpc) is 2.73. The molecule has 0 radical (unpaired) electrons. The Morgan fingerprint density at radius 1 is 1.47 bits per heavy atom. The quantitative estimate of drug-likeness (QED) is 0.429. The van der Waals surface area contributed by atoms with Crippen LogP contribution in [-0.2, 0) is 0 Å². The molecule has 8 nitrogen and oxygen atoms in total. The molecule has 19 heavy (non-hydrogen) atoms. The van der Waals surface area contributed by atoms with Gasteiger partial charge in [-0.25, -0.2) is 25.7 Å². The van der Waals surface area contributed by atoms with E-state index < -0.39 is 0 Å². The van der Waals surface area contributed by atoms with Crippen molar-refractivity contribution in [3.8, 4) is 0 Å². The summed E-state index contributed by atoms with van der Waals surface area (Å²) in [6, 6.07) is 0.0167. The number of hydrazine groups is 1. The first-order valence-electron chi connectivity index (χ1n) is 5.67. The Morgan fingerprint density at radius 3 is 2.84 bits per heavy atom. The van der Waals surface area contributed by atoms with E-state index in [9.17, 15) is 4.79 Å². The second-order valence-corrected chi connectivity index (χ2v) is 5.13. The third kappa shape index (κ3) is 2.61. The Hall–Kier alpha value is -1.87. The van der Waals surface area contributed by atoms with Crippen molar-refractivity contribution in [3.63, 3.8) is 0 Å². The van der Waals surface area contributed by atoms with E-state index in [-0.39, 0.29) is 11.7 Å². The van der Waals surface area contributed by atoms with Crippen molar-refractivity contribution >= 4 is 17.6 Å². The predicted molar refractivity (Wildman–Crippen MR) is 71.9 cm³/mol. The summed E-state index contributed by atoms with van der Waals surface area (Å²) in [5, 5.41) is 7.70. The molecular formula is C10H15N7OS. The minimum atomic E-state index is -0.235. The van der Waals surface area contributed by atoms with Crippen LogP contribution < -0.4 is 17.0 Å². The number of nitrogen functional groups attached to an aromatic ring is 1. The fourth-order valence-corrected chi connectivity index (χ4v) is 2.59. The number of hydrogen-bond donors (Lipinski definition) is 3. The number of aromatic amines is 1. The van der Waals surface area contributed by atoms with E-state index in [0.29, 0.717) is 16.0 Å². The van der Waals surface area contributed by atoms with E-state index in [4.69, 9.17) is 5.84 Å². The van der Waals surface area contributed by atoms with Gasteiger partial charge in [0.25, 0.3) is 0 Å². The van der Waals surface area contributed by atoms with Crippen LogP contribution in [0.15, 0.2) is 21.3 Å². The second-order valence-electron chi connectivity index (χ2n) is 4.17. The van der Waals surface area contributed by atoms with E-state index in [0.717, 1.165) is 5.56 Å². The van der Waals surface area contributed by atoms with E-state index >= 15 is 0 Å². The number of aromatic nitrogens is 5. The number of nitrogens with zero attached hydrogens (tertiary/aromatic N) is 4. The Kier molecular flexibility index (Phi) is 3.86. The fraction of sp³-hybridized carbons (Fsp3) is 0.400. The first kappa shape index (κ1) is 13.6. The Bertz CT molecular complexity index is 633. The molecule has 2 heterocycles. The Morgan fingerprint density at radius 2 is 2.21 bits per heavy atom. The van der Waals surface area contributed by atoms with Crippen LogP contribution in [0.1, 0.15) is 25.5 Å². The molecule has 0 saturated carbocycles. The second kappa shape index (κ2) is 5.41. The lowest BCUT2D eigenvalue weighted by Crippen LogP contribution is -2.19. The molecule has 0 atom stereocenters.